The Kier molecular flexibility index (Phi) is 5.78. The maximum Gasteiger partial charge on any atom is 0.331 e. The van der Waals surface area contributed by atoms with Gasteiger partial charge in [-0.15, -0.1) is 0 Å². The van der Waals surface area contributed by atoms with E-state index in [1.54, 1.807) is 18.2 Å². The third-order valence-electron chi connectivity index (χ3n) is 5.04. The second-order valence-electron chi connectivity index (χ2n) is 6.75. The molecule has 4 amide bonds. The predicted molar refractivity (Wildman–Crippen MR) is 99.4 cm³/mol. The van der Waals surface area contributed by atoms with Gasteiger partial charge in [0.25, 0.3) is 11.8 Å². The van der Waals surface area contributed by atoms with E-state index >= 15 is 0 Å². The molecule has 27 heavy (non-hydrogen) atoms. The second-order valence-corrected chi connectivity index (χ2v) is 6.75. The molecule has 1 heterocycles. The number of benzene rings is 1. The Morgan fingerprint density at radius 1 is 1.00 bits per heavy atom. The number of methoxy groups -OCH3 is 2. The number of hydrogen-bond donors (Lipinski definition) is 1. The van der Waals surface area contributed by atoms with Crippen molar-refractivity contribution in [3.05, 3.63) is 29.3 Å². The van der Waals surface area contributed by atoms with Crippen molar-refractivity contribution in [3.8, 4) is 11.5 Å². The van der Waals surface area contributed by atoms with Gasteiger partial charge in [-0.05, 0) is 36.6 Å². The van der Waals surface area contributed by atoms with Crippen LogP contribution in [0.4, 0.5) is 4.79 Å². The van der Waals surface area contributed by atoms with E-state index in [0.717, 1.165) is 38.5 Å². The molecule has 2 fully saturated rings. The van der Waals surface area contributed by atoms with Crippen LogP contribution >= 0.6 is 0 Å². The zero-order valence-corrected chi connectivity index (χ0v) is 15.6. The summed E-state index contributed by atoms with van der Waals surface area (Å²) in [7, 11) is 3.05. The number of ether oxygens (including phenoxy) is 2. The maximum atomic E-state index is 13.0. The summed E-state index contributed by atoms with van der Waals surface area (Å²) in [5.74, 6) is -0.170. The minimum Gasteiger partial charge on any atom is -0.493 e. The van der Waals surface area contributed by atoms with Crippen LogP contribution in [0.1, 0.15) is 44.1 Å². The third kappa shape index (κ3) is 3.97. The molecular weight excluding hydrogens is 348 g/mol. The SMILES string of the molecule is COc1ccc(/C=C2/C(=O)NC(=O)N(C3CCCCCC3)C2=O)cc1OC. The first-order valence-corrected chi connectivity index (χ1v) is 9.17. The summed E-state index contributed by atoms with van der Waals surface area (Å²) >= 11 is 0. The van der Waals surface area contributed by atoms with Crippen molar-refractivity contribution >= 4 is 23.9 Å². The van der Waals surface area contributed by atoms with Crippen LogP contribution in [-0.2, 0) is 9.59 Å². The van der Waals surface area contributed by atoms with E-state index in [0.29, 0.717) is 17.1 Å². The molecule has 1 saturated carbocycles. The van der Waals surface area contributed by atoms with E-state index in [2.05, 4.69) is 5.32 Å². The van der Waals surface area contributed by atoms with Crippen molar-refractivity contribution in [1.82, 2.24) is 10.2 Å². The standard InChI is InChI=1S/C20H24N2O5/c1-26-16-10-9-13(12-17(16)27-2)11-15-18(23)21-20(25)22(19(15)24)14-7-5-3-4-6-8-14/h9-12,14H,3-8H2,1-2H3,(H,21,23,25)/b15-11-. The van der Waals surface area contributed by atoms with Crippen molar-refractivity contribution < 1.29 is 23.9 Å². The molecule has 1 aliphatic heterocycles. The fourth-order valence-electron chi connectivity index (χ4n) is 3.63. The molecule has 1 aromatic rings. The van der Waals surface area contributed by atoms with Crippen molar-refractivity contribution in [2.45, 2.75) is 44.6 Å². The summed E-state index contributed by atoms with van der Waals surface area (Å²) in [5.41, 5.74) is 0.562. The third-order valence-corrected chi connectivity index (χ3v) is 5.04. The first-order chi connectivity index (χ1) is 13.0. The molecule has 1 aromatic carbocycles. The number of rotatable bonds is 4. The van der Waals surface area contributed by atoms with E-state index < -0.39 is 17.8 Å². The Labute approximate surface area is 158 Å². The largest absolute Gasteiger partial charge is 0.493 e. The molecule has 7 nitrogen and oxygen atoms in total. The molecule has 0 aromatic heterocycles. The summed E-state index contributed by atoms with van der Waals surface area (Å²) in [6.07, 6.45) is 7.19. The quantitative estimate of drug-likeness (QED) is 0.499. The van der Waals surface area contributed by atoms with Crippen LogP contribution in [0.25, 0.3) is 6.08 Å². The lowest BCUT2D eigenvalue weighted by Gasteiger charge is -2.32. The Morgan fingerprint density at radius 2 is 1.67 bits per heavy atom. The normalized spacial score (nSPS) is 20.4. The van der Waals surface area contributed by atoms with E-state index in [1.807, 2.05) is 0 Å². The van der Waals surface area contributed by atoms with Gasteiger partial charge >= 0.3 is 6.03 Å². The van der Waals surface area contributed by atoms with Gasteiger partial charge in [-0.2, -0.15) is 0 Å². The van der Waals surface area contributed by atoms with Crippen molar-refractivity contribution in [2.75, 3.05) is 14.2 Å². The van der Waals surface area contributed by atoms with E-state index in [1.165, 1.54) is 25.2 Å². The smallest absolute Gasteiger partial charge is 0.331 e. The van der Waals surface area contributed by atoms with Crippen LogP contribution in [0, 0.1) is 0 Å². The minimum atomic E-state index is -0.676. The highest BCUT2D eigenvalue weighted by Gasteiger charge is 2.39. The first kappa shape index (κ1) is 18.9. The van der Waals surface area contributed by atoms with E-state index in [-0.39, 0.29) is 11.6 Å². The summed E-state index contributed by atoms with van der Waals surface area (Å²) in [6, 6.07) is 4.31. The van der Waals surface area contributed by atoms with Crippen LogP contribution < -0.4 is 14.8 Å². The number of nitrogens with one attached hydrogen (secondary N) is 1. The Morgan fingerprint density at radius 3 is 2.30 bits per heavy atom. The predicted octanol–water partition coefficient (Wildman–Crippen LogP) is 2.89. The topological polar surface area (TPSA) is 84.9 Å². The van der Waals surface area contributed by atoms with Crippen LogP contribution in [0.15, 0.2) is 23.8 Å². The monoisotopic (exact) mass is 372 g/mol. The number of hydrogen-bond acceptors (Lipinski definition) is 5. The molecule has 7 heteroatoms. The zero-order chi connectivity index (χ0) is 19.4. The molecule has 1 saturated heterocycles. The zero-order valence-electron chi connectivity index (χ0n) is 15.6. The highest BCUT2D eigenvalue weighted by atomic mass is 16.5. The van der Waals surface area contributed by atoms with Gasteiger partial charge in [0.1, 0.15) is 5.57 Å². The number of nitrogens with zero attached hydrogens (tertiary/aromatic N) is 1. The molecule has 3 rings (SSSR count). The highest BCUT2D eigenvalue weighted by molar-refractivity contribution is 6.31. The van der Waals surface area contributed by atoms with E-state index in [9.17, 15) is 14.4 Å². The minimum absolute atomic E-state index is 0.0499. The molecular formula is C20H24N2O5. The van der Waals surface area contributed by atoms with Crippen LogP contribution in [0.2, 0.25) is 0 Å². The van der Waals surface area contributed by atoms with Crippen LogP contribution in [0.5, 0.6) is 11.5 Å². The van der Waals surface area contributed by atoms with Gasteiger partial charge in [0.2, 0.25) is 0 Å². The van der Waals surface area contributed by atoms with Crippen molar-refractivity contribution in [3.63, 3.8) is 0 Å². The van der Waals surface area contributed by atoms with Gasteiger partial charge in [-0.1, -0.05) is 31.7 Å². The highest BCUT2D eigenvalue weighted by Crippen LogP contribution is 2.30. The Hall–Kier alpha value is -2.83. The Balaban J connectivity index is 1.91. The lowest BCUT2D eigenvalue weighted by atomic mass is 10.0. The lowest BCUT2D eigenvalue weighted by Crippen LogP contribution is -2.57. The van der Waals surface area contributed by atoms with Gasteiger partial charge in [0.05, 0.1) is 14.2 Å². The lowest BCUT2D eigenvalue weighted by molar-refractivity contribution is -0.131. The molecule has 0 bridgehead atoms. The molecule has 2 aliphatic rings. The number of imide groups is 2. The fraction of sp³-hybridized carbons (Fsp3) is 0.450. The number of urea groups is 1. The fourth-order valence-corrected chi connectivity index (χ4v) is 3.63. The first-order valence-electron chi connectivity index (χ1n) is 9.17. The number of carbonyl (C=O) groups is 3. The van der Waals surface area contributed by atoms with E-state index in [4.69, 9.17) is 9.47 Å². The van der Waals surface area contributed by atoms with Crippen molar-refractivity contribution in [1.29, 1.82) is 0 Å². The number of amides is 4. The van der Waals surface area contributed by atoms with Gasteiger partial charge in [-0.25, -0.2) is 4.79 Å². The molecule has 0 atom stereocenters. The van der Waals surface area contributed by atoms with Gasteiger partial charge < -0.3 is 9.47 Å². The molecule has 1 aliphatic carbocycles. The summed E-state index contributed by atoms with van der Waals surface area (Å²) in [5, 5.41) is 2.30. The number of barbiturate groups is 1. The number of carbonyl (C=O) groups excluding carboxylic acids is 3. The molecule has 0 radical (unpaired) electrons. The average Bonchev–Trinajstić information content (AvgIpc) is 2.94. The average molecular weight is 372 g/mol. The maximum absolute atomic E-state index is 13.0. The second kappa shape index (κ2) is 8.24. The van der Waals surface area contributed by atoms with Gasteiger partial charge in [0.15, 0.2) is 11.5 Å². The van der Waals surface area contributed by atoms with Crippen LogP contribution in [0.3, 0.4) is 0 Å². The summed E-state index contributed by atoms with van der Waals surface area (Å²) in [4.78, 5) is 38.8. The van der Waals surface area contributed by atoms with Crippen molar-refractivity contribution in [2.24, 2.45) is 0 Å². The molecule has 1 N–H and O–H groups in total. The van der Waals surface area contributed by atoms with Gasteiger partial charge in [0, 0.05) is 6.04 Å². The molecule has 0 unspecified atom stereocenters. The molecule has 144 valence electrons. The van der Waals surface area contributed by atoms with Crippen LogP contribution in [-0.4, -0.2) is 43.0 Å². The Bertz CT molecular complexity index is 779. The molecule has 0 spiro atoms. The van der Waals surface area contributed by atoms with Gasteiger partial charge in [-0.3, -0.25) is 19.8 Å². The summed E-state index contributed by atoms with van der Waals surface area (Å²) < 4.78 is 10.5. The summed E-state index contributed by atoms with van der Waals surface area (Å²) in [6.45, 7) is 0.